The topological polar surface area (TPSA) is 72.9 Å². The van der Waals surface area contributed by atoms with Crippen LogP contribution in [0.2, 0.25) is 0 Å². The van der Waals surface area contributed by atoms with Gasteiger partial charge in [0.05, 0.1) is 5.41 Å². The van der Waals surface area contributed by atoms with Gasteiger partial charge in [-0.3, -0.25) is 4.79 Å². The second-order valence-electron chi connectivity index (χ2n) is 5.68. The molecule has 0 aromatic rings. The number of aliphatic carboxylic acids is 1. The molecule has 1 aliphatic heterocycles. The molecule has 0 bridgehead atoms. The Bertz CT molecular complexity index is 348. The van der Waals surface area contributed by atoms with E-state index in [2.05, 4.69) is 24.1 Å². The number of nitrogens with one attached hydrogen (secondary N) is 1. The van der Waals surface area contributed by atoms with Crippen LogP contribution in [0.3, 0.4) is 0 Å². The molecule has 1 saturated heterocycles. The molecular weight excluding hydrogens is 270 g/mol. The summed E-state index contributed by atoms with van der Waals surface area (Å²) in [6, 6.07) is -0.0720. The first-order valence-corrected chi connectivity index (χ1v) is 7.97. The van der Waals surface area contributed by atoms with Crippen molar-refractivity contribution in [3.8, 4) is 0 Å². The van der Waals surface area contributed by atoms with E-state index in [0.717, 1.165) is 19.6 Å². The minimum absolute atomic E-state index is 0.0720. The van der Waals surface area contributed by atoms with Crippen molar-refractivity contribution in [3.63, 3.8) is 0 Å². The number of hydrogen-bond donors (Lipinski definition) is 2. The summed E-state index contributed by atoms with van der Waals surface area (Å²) in [7, 11) is 0. The van der Waals surface area contributed by atoms with Crippen LogP contribution in [-0.4, -0.2) is 66.2 Å². The Hall–Kier alpha value is -1.30. The average Bonchev–Trinajstić information content (AvgIpc) is 2.51. The largest absolute Gasteiger partial charge is 0.481 e. The number of carboxylic acid groups (broad SMARTS) is 1. The number of urea groups is 1. The van der Waals surface area contributed by atoms with E-state index in [1.165, 1.54) is 0 Å². The molecule has 122 valence electrons. The molecule has 0 spiro atoms. The number of carbonyl (C=O) groups is 2. The summed E-state index contributed by atoms with van der Waals surface area (Å²) >= 11 is 0. The summed E-state index contributed by atoms with van der Waals surface area (Å²) in [5.74, 6) is -0.730. The molecule has 0 saturated carbocycles. The predicted molar refractivity (Wildman–Crippen MR) is 82.4 cm³/mol. The Balaban J connectivity index is 2.37. The highest BCUT2D eigenvalue weighted by atomic mass is 16.4. The van der Waals surface area contributed by atoms with E-state index in [4.69, 9.17) is 0 Å². The van der Waals surface area contributed by atoms with Gasteiger partial charge in [-0.25, -0.2) is 4.79 Å². The molecule has 0 atom stereocenters. The highest BCUT2D eigenvalue weighted by Gasteiger charge is 2.40. The van der Waals surface area contributed by atoms with E-state index in [1.807, 2.05) is 6.92 Å². The third-order valence-electron chi connectivity index (χ3n) is 4.74. The molecule has 21 heavy (non-hydrogen) atoms. The number of piperidine rings is 1. The lowest BCUT2D eigenvalue weighted by molar-refractivity contribution is -0.151. The Morgan fingerprint density at radius 3 is 2.19 bits per heavy atom. The van der Waals surface area contributed by atoms with Crippen molar-refractivity contribution >= 4 is 12.0 Å². The second-order valence-corrected chi connectivity index (χ2v) is 5.68. The highest BCUT2D eigenvalue weighted by molar-refractivity contribution is 5.77. The number of hydrogen-bond acceptors (Lipinski definition) is 3. The van der Waals surface area contributed by atoms with Gasteiger partial charge < -0.3 is 20.2 Å². The van der Waals surface area contributed by atoms with Gasteiger partial charge in [0.1, 0.15) is 0 Å². The van der Waals surface area contributed by atoms with Crippen molar-refractivity contribution in [1.82, 2.24) is 15.1 Å². The van der Waals surface area contributed by atoms with Crippen molar-refractivity contribution < 1.29 is 14.7 Å². The molecule has 0 aromatic carbocycles. The number of amides is 2. The molecule has 0 aromatic heterocycles. The lowest BCUT2D eigenvalue weighted by atomic mass is 9.76. The third kappa shape index (κ3) is 4.59. The van der Waals surface area contributed by atoms with Gasteiger partial charge in [0.2, 0.25) is 0 Å². The van der Waals surface area contributed by atoms with Crippen LogP contribution in [-0.2, 0) is 4.79 Å². The fraction of sp³-hybridized carbons (Fsp3) is 0.867. The zero-order chi connectivity index (χ0) is 15.9. The average molecular weight is 299 g/mol. The number of likely N-dealkylation sites (tertiary alicyclic amines) is 1. The Kier molecular flexibility index (Phi) is 6.95. The maximum Gasteiger partial charge on any atom is 0.317 e. The standard InChI is InChI=1S/C15H29N3O3/c1-4-15(13(19)20)7-10-18(11-8-15)14(21)16-9-12-17(5-2)6-3/h4-12H2,1-3H3,(H,16,21)(H,19,20). The van der Waals surface area contributed by atoms with Crippen LogP contribution < -0.4 is 5.32 Å². The van der Waals surface area contributed by atoms with Crippen LogP contribution in [0.1, 0.15) is 40.0 Å². The zero-order valence-corrected chi connectivity index (χ0v) is 13.5. The molecular formula is C15H29N3O3. The van der Waals surface area contributed by atoms with E-state index in [9.17, 15) is 14.7 Å². The van der Waals surface area contributed by atoms with E-state index in [-0.39, 0.29) is 6.03 Å². The minimum atomic E-state index is -0.730. The Labute approximate surface area is 127 Å². The molecule has 0 unspecified atom stereocenters. The van der Waals surface area contributed by atoms with E-state index in [0.29, 0.717) is 38.9 Å². The maximum absolute atomic E-state index is 12.1. The quantitative estimate of drug-likeness (QED) is 0.749. The molecule has 1 fully saturated rings. The Morgan fingerprint density at radius 1 is 1.19 bits per heavy atom. The fourth-order valence-electron chi connectivity index (χ4n) is 2.83. The van der Waals surface area contributed by atoms with Gasteiger partial charge >= 0.3 is 12.0 Å². The lowest BCUT2D eigenvalue weighted by Crippen LogP contribution is -2.50. The van der Waals surface area contributed by atoms with E-state index < -0.39 is 11.4 Å². The smallest absolute Gasteiger partial charge is 0.317 e. The predicted octanol–water partition coefficient (Wildman–Crippen LogP) is 1.61. The second kappa shape index (κ2) is 8.22. The third-order valence-corrected chi connectivity index (χ3v) is 4.74. The van der Waals surface area contributed by atoms with Crippen LogP contribution in [0.15, 0.2) is 0 Å². The van der Waals surface area contributed by atoms with Gasteiger partial charge in [-0.1, -0.05) is 20.8 Å². The number of nitrogens with zero attached hydrogens (tertiary/aromatic N) is 2. The van der Waals surface area contributed by atoms with Crippen LogP contribution in [0, 0.1) is 5.41 Å². The van der Waals surface area contributed by atoms with E-state index in [1.54, 1.807) is 4.90 Å². The molecule has 6 nitrogen and oxygen atoms in total. The highest BCUT2D eigenvalue weighted by Crippen LogP contribution is 2.35. The fourth-order valence-corrected chi connectivity index (χ4v) is 2.83. The van der Waals surface area contributed by atoms with Gasteiger partial charge in [0.25, 0.3) is 0 Å². The summed E-state index contributed by atoms with van der Waals surface area (Å²) in [6.45, 7) is 10.6. The normalized spacial score (nSPS) is 17.8. The minimum Gasteiger partial charge on any atom is -0.481 e. The molecule has 2 amide bonds. The van der Waals surface area contributed by atoms with Gasteiger partial charge in [-0.2, -0.15) is 0 Å². The number of carbonyl (C=O) groups excluding carboxylic acids is 1. The lowest BCUT2D eigenvalue weighted by Gasteiger charge is -2.38. The maximum atomic E-state index is 12.1. The Morgan fingerprint density at radius 2 is 1.76 bits per heavy atom. The number of rotatable bonds is 7. The van der Waals surface area contributed by atoms with Crippen molar-refractivity contribution in [1.29, 1.82) is 0 Å². The van der Waals surface area contributed by atoms with Gasteiger partial charge in [-0.15, -0.1) is 0 Å². The van der Waals surface area contributed by atoms with Crippen LogP contribution >= 0.6 is 0 Å². The summed E-state index contributed by atoms with van der Waals surface area (Å²) < 4.78 is 0. The molecule has 0 radical (unpaired) electrons. The molecule has 1 rings (SSSR count). The monoisotopic (exact) mass is 299 g/mol. The van der Waals surface area contributed by atoms with Gasteiger partial charge in [-0.05, 0) is 32.4 Å². The first-order valence-electron chi connectivity index (χ1n) is 7.97. The SMILES string of the molecule is CCN(CC)CCNC(=O)N1CCC(CC)(C(=O)O)CC1. The summed E-state index contributed by atoms with van der Waals surface area (Å²) in [4.78, 5) is 27.4. The van der Waals surface area contributed by atoms with E-state index >= 15 is 0 Å². The molecule has 1 aliphatic rings. The van der Waals surface area contributed by atoms with Crippen molar-refractivity contribution in [3.05, 3.63) is 0 Å². The zero-order valence-electron chi connectivity index (χ0n) is 13.5. The molecule has 0 aliphatic carbocycles. The van der Waals surface area contributed by atoms with Crippen LogP contribution in [0.4, 0.5) is 4.79 Å². The van der Waals surface area contributed by atoms with Crippen LogP contribution in [0.25, 0.3) is 0 Å². The summed E-state index contributed by atoms with van der Waals surface area (Å²) in [6.07, 6.45) is 1.71. The molecule has 2 N–H and O–H groups in total. The van der Waals surface area contributed by atoms with Crippen molar-refractivity contribution in [2.24, 2.45) is 5.41 Å². The first-order chi connectivity index (χ1) is 9.99. The summed E-state index contributed by atoms with van der Waals surface area (Å²) in [5, 5.41) is 12.3. The summed E-state index contributed by atoms with van der Waals surface area (Å²) in [5.41, 5.74) is -0.641. The number of carboxylic acids is 1. The van der Waals surface area contributed by atoms with Crippen molar-refractivity contribution in [2.75, 3.05) is 39.3 Å². The van der Waals surface area contributed by atoms with Crippen LogP contribution in [0.5, 0.6) is 0 Å². The van der Waals surface area contributed by atoms with Crippen molar-refractivity contribution in [2.45, 2.75) is 40.0 Å². The molecule has 1 heterocycles. The van der Waals surface area contributed by atoms with Gasteiger partial charge in [0, 0.05) is 26.2 Å². The number of likely N-dealkylation sites (N-methyl/N-ethyl adjacent to an activating group) is 1. The van der Waals surface area contributed by atoms with Gasteiger partial charge in [0.15, 0.2) is 0 Å². The first kappa shape index (κ1) is 17.8. The molecule has 6 heteroatoms.